The Morgan fingerprint density at radius 3 is 2.65 bits per heavy atom. The van der Waals surface area contributed by atoms with Crippen molar-refractivity contribution in [3.8, 4) is 11.8 Å². The number of benzene rings is 1. The van der Waals surface area contributed by atoms with E-state index in [1.165, 1.54) is 25.8 Å². The van der Waals surface area contributed by atoms with Crippen molar-refractivity contribution in [2.75, 3.05) is 13.1 Å². The van der Waals surface area contributed by atoms with Crippen molar-refractivity contribution in [3.63, 3.8) is 0 Å². The average molecular weight is 267 g/mol. The first kappa shape index (κ1) is 13.7. The van der Waals surface area contributed by atoms with Gasteiger partial charge in [-0.05, 0) is 42.2 Å². The Bertz CT molecular complexity index is 534. The lowest BCUT2D eigenvalue weighted by atomic mass is 9.65. The van der Waals surface area contributed by atoms with Gasteiger partial charge in [-0.3, -0.25) is 4.90 Å². The maximum Gasteiger partial charge on any atom is 0.0607 e. The Morgan fingerprint density at radius 2 is 1.90 bits per heavy atom. The smallest absolute Gasteiger partial charge is 0.0607 e. The molecule has 1 aromatic rings. The summed E-state index contributed by atoms with van der Waals surface area (Å²) in [4.78, 5) is 2.62. The van der Waals surface area contributed by atoms with Crippen molar-refractivity contribution in [2.24, 2.45) is 10.8 Å². The van der Waals surface area contributed by atoms with Crippen LogP contribution in [0.2, 0.25) is 0 Å². The van der Waals surface area contributed by atoms with E-state index in [-0.39, 0.29) is 0 Å². The summed E-state index contributed by atoms with van der Waals surface area (Å²) in [5.41, 5.74) is 2.14. The monoisotopic (exact) mass is 267 g/mol. The molecule has 0 spiro atoms. The standard InChI is InChI=1S/C19H25N/c1-18(2)12-17-13-19(3,14-18)15-20(17)11-7-10-16-8-5-4-6-9-16/h4-6,8-9,17H,11-15H2,1-3H3/t17-,19+/m0/s1. The van der Waals surface area contributed by atoms with E-state index in [1.807, 2.05) is 6.07 Å². The Hall–Kier alpha value is -1.26. The van der Waals surface area contributed by atoms with E-state index < -0.39 is 0 Å². The minimum atomic E-state index is 0.499. The van der Waals surface area contributed by atoms with E-state index in [1.54, 1.807) is 0 Å². The molecule has 0 unspecified atom stereocenters. The molecule has 2 atom stereocenters. The van der Waals surface area contributed by atoms with E-state index >= 15 is 0 Å². The molecule has 0 radical (unpaired) electrons. The van der Waals surface area contributed by atoms with Gasteiger partial charge in [0.25, 0.3) is 0 Å². The number of fused-ring (bicyclic) bond motifs is 2. The van der Waals surface area contributed by atoms with Crippen LogP contribution < -0.4 is 0 Å². The van der Waals surface area contributed by atoms with Crippen LogP contribution in [-0.4, -0.2) is 24.0 Å². The van der Waals surface area contributed by atoms with Crippen molar-refractivity contribution < 1.29 is 0 Å². The van der Waals surface area contributed by atoms with Crippen molar-refractivity contribution >= 4 is 0 Å². The molecule has 2 fully saturated rings. The minimum Gasteiger partial charge on any atom is -0.289 e. The zero-order valence-electron chi connectivity index (χ0n) is 12.9. The number of hydrogen-bond donors (Lipinski definition) is 0. The molecule has 106 valence electrons. The van der Waals surface area contributed by atoms with Gasteiger partial charge in [0.15, 0.2) is 0 Å². The quantitative estimate of drug-likeness (QED) is 0.697. The van der Waals surface area contributed by atoms with Crippen molar-refractivity contribution in [2.45, 2.75) is 46.1 Å². The lowest BCUT2D eigenvalue weighted by molar-refractivity contribution is 0.129. The molecule has 1 aliphatic heterocycles. The molecule has 1 nitrogen and oxygen atoms in total. The Kier molecular flexibility index (Phi) is 3.38. The number of rotatable bonds is 1. The van der Waals surface area contributed by atoms with Gasteiger partial charge in [-0.15, -0.1) is 0 Å². The van der Waals surface area contributed by atoms with Gasteiger partial charge < -0.3 is 0 Å². The predicted octanol–water partition coefficient (Wildman–Crippen LogP) is 3.94. The van der Waals surface area contributed by atoms with Gasteiger partial charge in [0.05, 0.1) is 6.54 Å². The summed E-state index contributed by atoms with van der Waals surface area (Å²) in [5, 5.41) is 0. The summed E-state index contributed by atoms with van der Waals surface area (Å²) in [5.74, 6) is 6.67. The summed E-state index contributed by atoms with van der Waals surface area (Å²) < 4.78 is 0. The summed E-state index contributed by atoms with van der Waals surface area (Å²) in [6.07, 6.45) is 4.05. The van der Waals surface area contributed by atoms with Crippen LogP contribution in [0.5, 0.6) is 0 Å². The topological polar surface area (TPSA) is 3.24 Å². The third-order valence-electron chi connectivity index (χ3n) is 4.81. The van der Waals surface area contributed by atoms with Gasteiger partial charge >= 0.3 is 0 Å². The van der Waals surface area contributed by atoms with Crippen LogP contribution in [0, 0.1) is 22.7 Å². The van der Waals surface area contributed by atoms with Crippen LogP contribution in [0.4, 0.5) is 0 Å². The first-order valence-electron chi connectivity index (χ1n) is 7.74. The Balaban J connectivity index is 1.67. The number of hydrogen-bond acceptors (Lipinski definition) is 1. The van der Waals surface area contributed by atoms with Crippen LogP contribution in [0.15, 0.2) is 30.3 Å². The fourth-order valence-electron chi connectivity index (χ4n) is 4.53. The van der Waals surface area contributed by atoms with Crippen molar-refractivity contribution in [1.82, 2.24) is 4.90 Å². The molecule has 3 rings (SSSR count). The van der Waals surface area contributed by atoms with E-state index in [0.717, 1.165) is 18.2 Å². The highest BCUT2D eigenvalue weighted by Crippen LogP contribution is 2.52. The molecule has 1 heteroatoms. The molecule has 1 heterocycles. The highest BCUT2D eigenvalue weighted by atomic mass is 15.2. The molecule has 2 aliphatic rings. The zero-order valence-corrected chi connectivity index (χ0v) is 12.9. The summed E-state index contributed by atoms with van der Waals surface area (Å²) >= 11 is 0. The second kappa shape index (κ2) is 4.93. The third kappa shape index (κ3) is 2.91. The maximum absolute atomic E-state index is 3.38. The van der Waals surface area contributed by atoms with Crippen LogP contribution in [0.25, 0.3) is 0 Å². The molecular weight excluding hydrogens is 242 g/mol. The predicted molar refractivity (Wildman–Crippen MR) is 84.4 cm³/mol. The molecule has 1 saturated carbocycles. The molecular formula is C19H25N. The SMILES string of the molecule is CC1(C)C[C@H]2C[C@@](C)(CN2CC#Cc2ccccc2)C1. The van der Waals surface area contributed by atoms with E-state index in [9.17, 15) is 0 Å². The lowest BCUT2D eigenvalue weighted by Crippen LogP contribution is -2.34. The Morgan fingerprint density at radius 1 is 1.15 bits per heavy atom. The van der Waals surface area contributed by atoms with Gasteiger partial charge in [0, 0.05) is 18.2 Å². The Labute approximate surface area is 123 Å². The largest absolute Gasteiger partial charge is 0.289 e. The highest BCUT2D eigenvalue weighted by molar-refractivity contribution is 5.33. The first-order chi connectivity index (χ1) is 9.46. The molecule has 1 saturated heterocycles. The molecule has 1 aliphatic carbocycles. The third-order valence-corrected chi connectivity index (χ3v) is 4.81. The molecule has 20 heavy (non-hydrogen) atoms. The minimum absolute atomic E-state index is 0.499. The fourth-order valence-corrected chi connectivity index (χ4v) is 4.53. The molecule has 0 amide bonds. The summed E-state index contributed by atoms with van der Waals surface area (Å²) in [7, 11) is 0. The van der Waals surface area contributed by atoms with Crippen molar-refractivity contribution in [1.29, 1.82) is 0 Å². The fraction of sp³-hybridized carbons (Fsp3) is 0.579. The van der Waals surface area contributed by atoms with Crippen LogP contribution >= 0.6 is 0 Å². The lowest BCUT2D eigenvalue weighted by Gasteiger charge is -2.39. The summed E-state index contributed by atoms with van der Waals surface area (Å²) in [6.45, 7) is 9.47. The average Bonchev–Trinajstić information content (AvgIpc) is 2.60. The van der Waals surface area contributed by atoms with Crippen molar-refractivity contribution in [3.05, 3.63) is 35.9 Å². The number of likely N-dealkylation sites (tertiary alicyclic amines) is 1. The van der Waals surface area contributed by atoms with E-state index in [2.05, 4.69) is 61.8 Å². The maximum atomic E-state index is 3.38. The zero-order chi connectivity index (χ0) is 14.2. The van der Waals surface area contributed by atoms with E-state index in [0.29, 0.717) is 10.8 Å². The van der Waals surface area contributed by atoms with Gasteiger partial charge in [-0.2, -0.15) is 0 Å². The second-order valence-electron chi connectivity index (χ2n) is 7.79. The molecule has 2 bridgehead atoms. The second-order valence-corrected chi connectivity index (χ2v) is 7.79. The summed E-state index contributed by atoms with van der Waals surface area (Å²) in [6, 6.07) is 11.1. The van der Waals surface area contributed by atoms with Crippen LogP contribution in [0.3, 0.4) is 0 Å². The molecule has 0 aromatic heterocycles. The van der Waals surface area contributed by atoms with Gasteiger partial charge in [0.1, 0.15) is 0 Å². The van der Waals surface area contributed by atoms with Gasteiger partial charge in [-0.1, -0.05) is 50.8 Å². The molecule has 0 N–H and O–H groups in total. The van der Waals surface area contributed by atoms with Gasteiger partial charge in [0.2, 0.25) is 0 Å². The highest BCUT2D eigenvalue weighted by Gasteiger charge is 2.49. The van der Waals surface area contributed by atoms with Gasteiger partial charge in [-0.25, -0.2) is 0 Å². The van der Waals surface area contributed by atoms with Crippen LogP contribution in [0.1, 0.15) is 45.6 Å². The first-order valence-corrected chi connectivity index (χ1v) is 7.74. The van der Waals surface area contributed by atoms with E-state index in [4.69, 9.17) is 0 Å². The van der Waals surface area contributed by atoms with Crippen LogP contribution in [-0.2, 0) is 0 Å². The normalized spacial score (nSPS) is 31.6. The molecule has 1 aromatic carbocycles. The number of nitrogens with zero attached hydrogens (tertiary/aromatic N) is 1.